The molecule has 1 aliphatic carbocycles. The third kappa shape index (κ3) is 2.52. The van der Waals surface area contributed by atoms with Gasteiger partial charge >= 0.3 is 5.97 Å². The number of carboxylic acid groups (broad SMARTS) is 1. The molecule has 18 heavy (non-hydrogen) atoms. The maximum absolute atomic E-state index is 12.4. The summed E-state index contributed by atoms with van der Waals surface area (Å²) in [7, 11) is 0. The van der Waals surface area contributed by atoms with Gasteiger partial charge in [0.2, 0.25) is 0 Å². The van der Waals surface area contributed by atoms with Crippen LogP contribution in [0, 0.1) is 24.7 Å². The van der Waals surface area contributed by atoms with Crippen molar-refractivity contribution in [3.8, 4) is 0 Å². The van der Waals surface area contributed by atoms with Gasteiger partial charge in [-0.3, -0.25) is 9.59 Å². The lowest BCUT2D eigenvalue weighted by molar-refractivity contribution is -0.142. The maximum atomic E-state index is 12.4. The van der Waals surface area contributed by atoms with Gasteiger partial charge in [0.05, 0.1) is 10.8 Å². The van der Waals surface area contributed by atoms with Gasteiger partial charge in [-0.2, -0.15) is 0 Å². The molecule has 0 aliphatic heterocycles. The summed E-state index contributed by atoms with van der Waals surface area (Å²) in [6, 6.07) is 1.81. The predicted octanol–water partition coefficient (Wildman–Crippen LogP) is 3.75. The van der Waals surface area contributed by atoms with E-state index in [1.165, 1.54) is 11.3 Å². The van der Waals surface area contributed by atoms with Crippen LogP contribution in [-0.2, 0) is 4.79 Å². The summed E-state index contributed by atoms with van der Waals surface area (Å²) in [6.07, 6.45) is 1.29. The standard InChI is InChI=1S/C13H15BrO3S/c1-6-3-8(9(4-6)13(16)17)12(15)11-5-10(14)7(2)18-11/h5-6,8-9H,3-4H2,1-2H3,(H,16,17). The van der Waals surface area contributed by atoms with Crippen LogP contribution in [0.5, 0.6) is 0 Å². The number of rotatable bonds is 3. The number of ketones is 1. The molecule has 0 bridgehead atoms. The molecule has 1 heterocycles. The molecule has 0 amide bonds. The molecule has 1 aliphatic rings. The fourth-order valence-corrected chi connectivity index (χ4v) is 4.16. The normalized spacial score (nSPS) is 27.4. The summed E-state index contributed by atoms with van der Waals surface area (Å²) >= 11 is 4.83. The molecule has 1 fully saturated rings. The predicted molar refractivity (Wildman–Crippen MR) is 74.1 cm³/mol. The van der Waals surface area contributed by atoms with E-state index >= 15 is 0 Å². The van der Waals surface area contributed by atoms with Crippen molar-refractivity contribution in [3.05, 3.63) is 20.3 Å². The van der Waals surface area contributed by atoms with Crippen LogP contribution in [0.2, 0.25) is 0 Å². The SMILES string of the molecule is Cc1sc(C(=O)C2CC(C)CC2C(=O)O)cc1Br. The van der Waals surface area contributed by atoms with Gasteiger partial charge < -0.3 is 5.11 Å². The number of carbonyl (C=O) groups is 2. The first-order chi connectivity index (χ1) is 8.40. The second-order valence-corrected chi connectivity index (χ2v) is 7.12. The molecule has 2 rings (SSSR count). The smallest absolute Gasteiger partial charge is 0.307 e. The average Bonchev–Trinajstić information content (AvgIpc) is 2.82. The van der Waals surface area contributed by atoms with Crippen molar-refractivity contribution < 1.29 is 14.7 Å². The third-order valence-electron chi connectivity index (χ3n) is 3.55. The number of halogens is 1. The van der Waals surface area contributed by atoms with E-state index in [9.17, 15) is 14.7 Å². The van der Waals surface area contributed by atoms with Crippen molar-refractivity contribution in [1.82, 2.24) is 0 Å². The molecule has 3 nitrogen and oxygen atoms in total. The van der Waals surface area contributed by atoms with Crippen LogP contribution in [0.4, 0.5) is 0 Å². The number of carboxylic acids is 1. The van der Waals surface area contributed by atoms with Crippen molar-refractivity contribution in [1.29, 1.82) is 0 Å². The topological polar surface area (TPSA) is 54.4 Å². The molecule has 3 atom stereocenters. The molecule has 0 radical (unpaired) electrons. The quantitative estimate of drug-likeness (QED) is 0.858. The van der Waals surface area contributed by atoms with Crippen molar-refractivity contribution in [3.63, 3.8) is 0 Å². The van der Waals surface area contributed by atoms with Gasteiger partial charge in [0.25, 0.3) is 0 Å². The van der Waals surface area contributed by atoms with E-state index in [0.29, 0.717) is 23.6 Å². The lowest BCUT2D eigenvalue weighted by atomic mass is 9.91. The highest BCUT2D eigenvalue weighted by Crippen LogP contribution is 2.40. The van der Waals surface area contributed by atoms with E-state index in [1.54, 1.807) is 0 Å². The number of hydrogen-bond acceptors (Lipinski definition) is 3. The first-order valence-electron chi connectivity index (χ1n) is 5.93. The molecule has 1 aromatic heterocycles. The summed E-state index contributed by atoms with van der Waals surface area (Å²) in [4.78, 5) is 25.3. The Morgan fingerprint density at radius 3 is 2.50 bits per heavy atom. The Morgan fingerprint density at radius 2 is 2.00 bits per heavy atom. The van der Waals surface area contributed by atoms with Crippen LogP contribution in [0.3, 0.4) is 0 Å². The first-order valence-corrected chi connectivity index (χ1v) is 7.54. The van der Waals surface area contributed by atoms with Crippen molar-refractivity contribution in [2.45, 2.75) is 26.7 Å². The van der Waals surface area contributed by atoms with Crippen molar-refractivity contribution in [2.75, 3.05) is 0 Å². The first kappa shape index (κ1) is 13.7. The molecule has 3 unspecified atom stereocenters. The molecule has 1 aromatic rings. The molecular formula is C13H15BrO3S. The maximum Gasteiger partial charge on any atom is 0.307 e. The van der Waals surface area contributed by atoms with E-state index in [4.69, 9.17) is 0 Å². The Bertz CT molecular complexity index is 475. The summed E-state index contributed by atoms with van der Waals surface area (Å²) in [5.74, 6) is -1.42. The summed E-state index contributed by atoms with van der Waals surface area (Å²) in [5.41, 5.74) is 0. The highest BCUT2D eigenvalue weighted by molar-refractivity contribution is 9.10. The van der Waals surface area contributed by atoms with E-state index in [-0.39, 0.29) is 11.7 Å². The van der Waals surface area contributed by atoms with Gasteiger partial charge in [-0.05, 0) is 47.7 Å². The van der Waals surface area contributed by atoms with Gasteiger partial charge in [0, 0.05) is 15.3 Å². The number of carbonyl (C=O) groups excluding carboxylic acids is 1. The number of thiophene rings is 1. The zero-order chi connectivity index (χ0) is 13.4. The largest absolute Gasteiger partial charge is 0.481 e. The van der Waals surface area contributed by atoms with E-state index < -0.39 is 11.9 Å². The van der Waals surface area contributed by atoms with Gasteiger partial charge in [-0.15, -0.1) is 11.3 Å². The molecule has 1 N–H and O–H groups in total. The fourth-order valence-electron chi connectivity index (χ4n) is 2.62. The lowest BCUT2D eigenvalue weighted by Crippen LogP contribution is -2.24. The van der Waals surface area contributed by atoms with Gasteiger partial charge in [-0.25, -0.2) is 0 Å². The van der Waals surface area contributed by atoms with Crippen LogP contribution < -0.4 is 0 Å². The number of Topliss-reactive ketones (excluding diaryl/α,β-unsaturated/α-hetero) is 1. The molecule has 0 spiro atoms. The van der Waals surface area contributed by atoms with Crippen LogP contribution in [0.25, 0.3) is 0 Å². The number of aryl methyl sites for hydroxylation is 1. The molecule has 0 saturated heterocycles. The monoisotopic (exact) mass is 330 g/mol. The van der Waals surface area contributed by atoms with E-state index in [1.807, 2.05) is 19.9 Å². The summed E-state index contributed by atoms with van der Waals surface area (Å²) in [5, 5.41) is 9.20. The zero-order valence-electron chi connectivity index (χ0n) is 10.3. The van der Waals surface area contributed by atoms with Crippen LogP contribution in [0.1, 0.15) is 34.3 Å². The Morgan fingerprint density at radius 1 is 1.39 bits per heavy atom. The minimum Gasteiger partial charge on any atom is -0.481 e. The minimum atomic E-state index is -0.843. The molecular weight excluding hydrogens is 316 g/mol. The van der Waals surface area contributed by atoms with Crippen molar-refractivity contribution >= 4 is 39.0 Å². The van der Waals surface area contributed by atoms with Crippen LogP contribution in [-0.4, -0.2) is 16.9 Å². The molecule has 0 aromatic carbocycles. The van der Waals surface area contributed by atoms with Crippen LogP contribution in [0.15, 0.2) is 10.5 Å². The highest BCUT2D eigenvalue weighted by atomic mass is 79.9. The second kappa shape index (κ2) is 5.13. The van der Waals surface area contributed by atoms with E-state index in [2.05, 4.69) is 15.9 Å². The molecule has 5 heteroatoms. The second-order valence-electron chi connectivity index (χ2n) is 5.01. The van der Waals surface area contributed by atoms with E-state index in [0.717, 1.165) is 9.35 Å². The van der Waals surface area contributed by atoms with Crippen LogP contribution >= 0.6 is 27.3 Å². The number of hydrogen-bond donors (Lipinski definition) is 1. The third-order valence-corrected chi connectivity index (χ3v) is 5.70. The Kier molecular flexibility index (Phi) is 3.92. The average molecular weight is 331 g/mol. The van der Waals surface area contributed by atoms with Crippen molar-refractivity contribution in [2.24, 2.45) is 17.8 Å². The Labute approximate surface area is 118 Å². The Balaban J connectivity index is 2.25. The number of aliphatic carboxylic acids is 1. The van der Waals surface area contributed by atoms with Gasteiger partial charge in [-0.1, -0.05) is 6.92 Å². The Hall–Kier alpha value is -0.680. The molecule has 98 valence electrons. The fraction of sp³-hybridized carbons (Fsp3) is 0.538. The lowest BCUT2D eigenvalue weighted by Gasteiger charge is -2.12. The zero-order valence-corrected chi connectivity index (χ0v) is 12.7. The minimum absolute atomic E-state index is 0.00875. The van der Waals surface area contributed by atoms with Gasteiger partial charge in [0.15, 0.2) is 5.78 Å². The molecule has 1 saturated carbocycles. The highest BCUT2D eigenvalue weighted by Gasteiger charge is 2.41. The summed E-state index contributed by atoms with van der Waals surface area (Å²) in [6.45, 7) is 3.95. The van der Waals surface area contributed by atoms with Gasteiger partial charge in [0.1, 0.15) is 0 Å². The summed E-state index contributed by atoms with van der Waals surface area (Å²) < 4.78 is 0.925.